The highest BCUT2D eigenvalue weighted by Crippen LogP contribution is 2.21. The molecule has 0 aliphatic carbocycles. The normalized spacial score (nSPS) is 10.2. The number of ether oxygens (including phenoxy) is 1. The number of nitrogens with zero attached hydrogens (tertiary/aromatic N) is 2. The lowest BCUT2D eigenvalue weighted by Gasteiger charge is -2.06. The molecule has 6 heteroatoms. The summed E-state index contributed by atoms with van der Waals surface area (Å²) in [5, 5.41) is 10.6. The number of rotatable bonds is 6. The largest absolute Gasteiger partial charge is 0.478 e. The van der Waals surface area contributed by atoms with Gasteiger partial charge in [0.15, 0.2) is 0 Å². The van der Waals surface area contributed by atoms with Crippen LogP contribution in [0.5, 0.6) is 5.88 Å². The van der Waals surface area contributed by atoms with E-state index in [-0.39, 0.29) is 11.5 Å². The van der Waals surface area contributed by atoms with Crippen molar-refractivity contribution >= 4 is 11.5 Å². The lowest BCUT2D eigenvalue weighted by molar-refractivity contribution is -0.384. The van der Waals surface area contributed by atoms with E-state index in [1.807, 2.05) is 18.2 Å². The molecule has 0 radical (unpaired) electrons. The average molecular weight is 273 g/mol. The van der Waals surface area contributed by atoms with Crippen LogP contribution in [0.2, 0.25) is 0 Å². The highest BCUT2D eigenvalue weighted by atomic mass is 16.6. The smallest absolute Gasteiger partial charge is 0.311 e. The van der Waals surface area contributed by atoms with Gasteiger partial charge in [-0.05, 0) is 18.4 Å². The highest BCUT2D eigenvalue weighted by molar-refractivity contribution is 5.53. The van der Waals surface area contributed by atoms with Gasteiger partial charge in [0.1, 0.15) is 0 Å². The van der Waals surface area contributed by atoms with Crippen molar-refractivity contribution in [2.24, 2.45) is 0 Å². The number of aryl methyl sites for hydroxylation is 1. The Balaban J connectivity index is 1.83. The van der Waals surface area contributed by atoms with Crippen LogP contribution in [0.1, 0.15) is 12.0 Å². The molecule has 0 saturated carbocycles. The maximum Gasteiger partial charge on any atom is 0.311 e. The average Bonchev–Trinajstić information content (AvgIpc) is 2.44. The fourth-order valence-electron chi connectivity index (χ4n) is 1.78. The monoisotopic (exact) mass is 273 g/mol. The number of benzene rings is 1. The molecule has 2 aromatic rings. The molecule has 0 amide bonds. The van der Waals surface area contributed by atoms with Crippen molar-refractivity contribution in [1.29, 1.82) is 0 Å². The van der Waals surface area contributed by atoms with Gasteiger partial charge in [-0.1, -0.05) is 30.3 Å². The first-order valence-electron chi connectivity index (χ1n) is 6.24. The zero-order valence-electron chi connectivity index (χ0n) is 10.9. The van der Waals surface area contributed by atoms with Crippen molar-refractivity contribution in [2.75, 3.05) is 12.3 Å². The molecule has 0 spiro atoms. The van der Waals surface area contributed by atoms with E-state index in [2.05, 4.69) is 17.1 Å². The summed E-state index contributed by atoms with van der Waals surface area (Å²) >= 11 is 0. The highest BCUT2D eigenvalue weighted by Gasteiger charge is 2.13. The summed E-state index contributed by atoms with van der Waals surface area (Å²) in [6.45, 7) is 0.485. The van der Waals surface area contributed by atoms with E-state index in [0.717, 1.165) is 12.8 Å². The summed E-state index contributed by atoms with van der Waals surface area (Å²) < 4.78 is 5.43. The summed E-state index contributed by atoms with van der Waals surface area (Å²) in [6, 6.07) is 12.8. The van der Waals surface area contributed by atoms with E-state index in [4.69, 9.17) is 10.5 Å². The zero-order chi connectivity index (χ0) is 14.4. The predicted molar refractivity (Wildman–Crippen MR) is 75.6 cm³/mol. The molecule has 2 N–H and O–H groups in total. The van der Waals surface area contributed by atoms with Gasteiger partial charge >= 0.3 is 5.69 Å². The van der Waals surface area contributed by atoms with Gasteiger partial charge in [0.05, 0.1) is 11.5 Å². The Kier molecular flexibility index (Phi) is 4.49. The molecule has 0 unspecified atom stereocenters. The number of nitro groups is 1. The molecule has 20 heavy (non-hydrogen) atoms. The maximum absolute atomic E-state index is 10.6. The minimum atomic E-state index is -0.568. The lowest BCUT2D eigenvalue weighted by Crippen LogP contribution is -2.04. The summed E-state index contributed by atoms with van der Waals surface area (Å²) in [5.41, 5.74) is 6.52. The summed E-state index contributed by atoms with van der Waals surface area (Å²) in [4.78, 5) is 13.9. The topological polar surface area (TPSA) is 91.3 Å². The second-order valence-electron chi connectivity index (χ2n) is 4.25. The number of hydrogen-bond donors (Lipinski definition) is 1. The van der Waals surface area contributed by atoms with Gasteiger partial charge in [-0.25, -0.2) is 0 Å². The second kappa shape index (κ2) is 6.51. The van der Waals surface area contributed by atoms with Crippen molar-refractivity contribution in [3.8, 4) is 5.88 Å². The minimum Gasteiger partial charge on any atom is -0.478 e. The van der Waals surface area contributed by atoms with E-state index < -0.39 is 4.92 Å². The van der Waals surface area contributed by atoms with Gasteiger partial charge in [-0.3, -0.25) is 10.1 Å². The van der Waals surface area contributed by atoms with Crippen LogP contribution in [0.15, 0.2) is 42.5 Å². The second-order valence-corrected chi connectivity index (χ2v) is 4.25. The zero-order valence-corrected chi connectivity index (χ0v) is 10.9. The van der Waals surface area contributed by atoms with E-state index in [1.54, 1.807) is 0 Å². The van der Waals surface area contributed by atoms with Crippen molar-refractivity contribution < 1.29 is 9.66 Å². The van der Waals surface area contributed by atoms with Crippen molar-refractivity contribution in [3.63, 3.8) is 0 Å². The molecule has 1 heterocycles. The Hall–Kier alpha value is -2.63. The molecular weight excluding hydrogens is 258 g/mol. The summed E-state index contributed by atoms with van der Waals surface area (Å²) in [5.74, 6) is 0.178. The summed E-state index contributed by atoms with van der Waals surface area (Å²) in [6.07, 6.45) is 1.74. The van der Waals surface area contributed by atoms with Gasteiger partial charge in [0.25, 0.3) is 0 Å². The molecule has 0 aliphatic heterocycles. The standard InChI is InChI=1S/C14H15N3O3/c15-14-12(17(18)19)8-9-13(16-14)20-10-4-7-11-5-2-1-3-6-11/h1-3,5-6,8-9H,4,7,10H2,(H2,15,16). The first-order valence-corrected chi connectivity index (χ1v) is 6.24. The van der Waals surface area contributed by atoms with Crippen LogP contribution in [0.4, 0.5) is 11.5 Å². The van der Waals surface area contributed by atoms with Gasteiger partial charge in [-0.2, -0.15) is 4.98 Å². The van der Waals surface area contributed by atoms with Gasteiger partial charge < -0.3 is 10.5 Å². The molecule has 0 atom stereocenters. The van der Waals surface area contributed by atoms with Crippen molar-refractivity contribution in [3.05, 3.63) is 58.1 Å². The molecule has 6 nitrogen and oxygen atoms in total. The number of hydrogen-bond acceptors (Lipinski definition) is 5. The number of pyridine rings is 1. The van der Waals surface area contributed by atoms with Gasteiger partial charge in [-0.15, -0.1) is 0 Å². The number of nitrogens with two attached hydrogens (primary N) is 1. The Morgan fingerprint density at radius 2 is 1.95 bits per heavy atom. The lowest BCUT2D eigenvalue weighted by atomic mass is 10.1. The van der Waals surface area contributed by atoms with Crippen LogP contribution in [-0.4, -0.2) is 16.5 Å². The fourth-order valence-corrected chi connectivity index (χ4v) is 1.78. The third kappa shape index (κ3) is 3.68. The fraction of sp³-hybridized carbons (Fsp3) is 0.214. The van der Waals surface area contributed by atoms with Crippen LogP contribution in [0.3, 0.4) is 0 Å². The van der Waals surface area contributed by atoms with Gasteiger partial charge in [0.2, 0.25) is 11.7 Å². The molecule has 0 fully saturated rings. The molecule has 2 rings (SSSR count). The van der Waals surface area contributed by atoms with E-state index in [9.17, 15) is 10.1 Å². The quantitative estimate of drug-likeness (QED) is 0.496. The Bertz CT molecular complexity index is 587. The van der Waals surface area contributed by atoms with Crippen molar-refractivity contribution in [1.82, 2.24) is 4.98 Å². The molecule has 1 aromatic carbocycles. The number of nitrogen functional groups attached to an aromatic ring is 1. The molecular formula is C14H15N3O3. The Labute approximate surface area is 116 Å². The molecule has 0 aliphatic rings. The third-order valence-corrected chi connectivity index (χ3v) is 2.78. The molecule has 1 aromatic heterocycles. The molecule has 104 valence electrons. The van der Waals surface area contributed by atoms with Crippen LogP contribution in [-0.2, 0) is 6.42 Å². The Morgan fingerprint density at radius 3 is 2.60 bits per heavy atom. The van der Waals surface area contributed by atoms with E-state index >= 15 is 0 Å². The molecule has 0 bridgehead atoms. The first kappa shape index (κ1) is 13.8. The van der Waals surface area contributed by atoms with Gasteiger partial charge in [0, 0.05) is 12.1 Å². The SMILES string of the molecule is Nc1nc(OCCCc2ccccc2)ccc1[N+](=O)[O-]. The van der Waals surface area contributed by atoms with Crippen LogP contribution < -0.4 is 10.5 Å². The van der Waals surface area contributed by atoms with Crippen LogP contribution in [0.25, 0.3) is 0 Å². The minimum absolute atomic E-state index is 0.129. The first-order chi connectivity index (χ1) is 9.66. The van der Waals surface area contributed by atoms with Crippen LogP contribution in [0, 0.1) is 10.1 Å². The third-order valence-electron chi connectivity index (χ3n) is 2.78. The molecule has 0 saturated heterocycles. The van der Waals surface area contributed by atoms with Crippen LogP contribution >= 0.6 is 0 Å². The van der Waals surface area contributed by atoms with E-state index in [1.165, 1.54) is 17.7 Å². The number of aromatic nitrogens is 1. The maximum atomic E-state index is 10.6. The van der Waals surface area contributed by atoms with E-state index in [0.29, 0.717) is 12.5 Å². The predicted octanol–water partition coefficient (Wildman–Crippen LogP) is 2.58. The van der Waals surface area contributed by atoms with Crippen molar-refractivity contribution in [2.45, 2.75) is 12.8 Å². The summed E-state index contributed by atoms with van der Waals surface area (Å²) in [7, 11) is 0. The number of anilines is 1. The Morgan fingerprint density at radius 1 is 1.20 bits per heavy atom.